The molecule has 1 unspecified atom stereocenters. The number of imidazole rings is 1. The van der Waals surface area contributed by atoms with Gasteiger partial charge >= 0.3 is 5.97 Å². The molecule has 1 fully saturated rings. The predicted octanol–water partition coefficient (Wildman–Crippen LogP) is 3.18. The Kier molecular flexibility index (Phi) is 6.53. The van der Waals surface area contributed by atoms with Crippen LogP contribution in [0.2, 0.25) is 0 Å². The number of aryl methyl sites for hydroxylation is 2. The Morgan fingerprint density at radius 1 is 1.08 bits per heavy atom. The van der Waals surface area contributed by atoms with Crippen molar-refractivity contribution in [1.82, 2.24) is 4.57 Å². The van der Waals surface area contributed by atoms with Crippen LogP contribution in [0.5, 0.6) is 0 Å². The Hall–Kier alpha value is -3.65. The topological polar surface area (TPSA) is 67.9 Å². The smallest absolute Gasteiger partial charge is 0.338 e. The van der Waals surface area contributed by atoms with Crippen LogP contribution in [0.3, 0.4) is 0 Å². The number of benzene rings is 2. The van der Waals surface area contributed by atoms with Gasteiger partial charge in [-0.15, -0.1) is 0 Å². The summed E-state index contributed by atoms with van der Waals surface area (Å²) in [5, 5.41) is 0. The summed E-state index contributed by atoms with van der Waals surface area (Å²) in [6.45, 7) is 4.12. The van der Waals surface area contributed by atoms with Gasteiger partial charge < -0.3 is 14.4 Å². The third-order valence-corrected chi connectivity index (χ3v) is 7.25. The molecule has 3 heterocycles. The number of ether oxygens (including phenoxy) is 2. The maximum atomic E-state index is 13.3. The molecule has 3 aromatic rings. The molecule has 2 aliphatic heterocycles. The molecule has 0 bridgehead atoms. The SMILES string of the molecule is CCc1ccc(C23CCC(=O)N2c2cc(C(=O)OCCn4cc[n+](C)c4)ccc2N3CCOC)cc1. The molecule has 188 valence electrons. The van der Waals surface area contributed by atoms with E-state index in [1.54, 1.807) is 19.2 Å². The first-order valence-electron chi connectivity index (χ1n) is 12.5. The van der Waals surface area contributed by atoms with Crippen molar-refractivity contribution in [2.24, 2.45) is 7.05 Å². The van der Waals surface area contributed by atoms with E-state index in [0.717, 1.165) is 23.4 Å². The minimum Gasteiger partial charge on any atom is -0.458 e. The molecule has 0 radical (unpaired) electrons. The minimum atomic E-state index is -0.628. The van der Waals surface area contributed by atoms with Crippen molar-refractivity contribution >= 4 is 23.3 Å². The third kappa shape index (κ3) is 4.05. The molecule has 0 saturated carbocycles. The zero-order chi connectivity index (χ0) is 25.3. The minimum absolute atomic E-state index is 0.0572. The number of anilines is 2. The molecule has 0 N–H and O–H groups in total. The number of methoxy groups -OCH3 is 1. The highest BCUT2D eigenvalue weighted by molar-refractivity contribution is 6.06. The second kappa shape index (κ2) is 9.78. The lowest BCUT2D eigenvalue weighted by Gasteiger charge is -2.41. The van der Waals surface area contributed by atoms with Crippen molar-refractivity contribution in [3.05, 3.63) is 77.9 Å². The molecule has 5 rings (SSSR count). The average molecular weight is 490 g/mol. The summed E-state index contributed by atoms with van der Waals surface area (Å²) in [6, 6.07) is 14.1. The van der Waals surface area contributed by atoms with E-state index in [1.165, 1.54) is 5.56 Å². The first-order valence-corrected chi connectivity index (χ1v) is 12.5. The number of esters is 1. The van der Waals surface area contributed by atoms with E-state index < -0.39 is 11.6 Å². The van der Waals surface area contributed by atoms with Crippen molar-refractivity contribution in [3.8, 4) is 0 Å². The van der Waals surface area contributed by atoms with Gasteiger partial charge in [-0.2, -0.15) is 0 Å². The summed E-state index contributed by atoms with van der Waals surface area (Å²) in [5.74, 6) is -0.337. The summed E-state index contributed by atoms with van der Waals surface area (Å²) in [4.78, 5) is 30.4. The number of amides is 1. The van der Waals surface area contributed by atoms with Gasteiger partial charge in [0.15, 0.2) is 0 Å². The number of nitrogens with zero attached hydrogens (tertiary/aromatic N) is 4. The molecule has 1 aromatic heterocycles. The van der Waals surface area contributed by atoms with Crippen LogP contribution in [0.25, 0.3) is 0 Å². The Balaban J connectivity index is 1.46. The number of hydrogen-bond acceptors (Lipinski definition) is 5. The molecule has 0 spiro atoms. The van der Waals surface area contributed by atoms with Gasteiger partial charge in [-0.3, -0.25) is 9.69 Å². The van der Waals surface area contributed by atoms with Crippen LogP contribution in [-0.2, 0) is 39.9 Å². The van der Waals surface area contributed by atoms with Crippen LogP contribution < -0.4 is 14.4 Å². The van der Waals surface area contributed by atoms with Crippen molar-refractivity contribution in [1.29, 1.82) is 0 Å². The molecular formula is C28H33N4O4+. The van der Waals surface area contributed by atoms with Crippen LogP contribution >= 0.6 is 0 Å². The lowest BCUT2D eigenvalue weighted by molar-refractivity contribution is -0.671. The van der Waals surface area contributed by atoms with Crippen LogP contribution in [-0.4, -0.2) is 43.3 Å². The predicted molar refractivity (Wildman–Crippen MR) is 136 cm³/mol. The Bertz CT molecular complexity index is 1270. The summed E-state index contributed by atoms with van der Waals surface area (Å²) in [7, 11) is 3.63. The largest absolute Gasteiger partial charge is 0.458 e. The molecule has 8 nitrogen and oxygen atoms in total. The number of carbonyl (C=O) groups is 2. The van der Waals surface area contributed by atoms with Crippen LogP contribution in [0, 0.1) is 0 Å². The Morgan fingerprint density at radius 3 is 2.58 bits per heavy atom. The summed E-state index contributed by atoms with van der Waals surface area (Å²) >= 11 is 0. The van der Waals surface area contributed by atoms with Crippen LogP contribution in [0.15, 0.2) is 61.2 Å². The average Bonchev–Trinajstić information content (AvgIpc) is 3.55. The number of rotatable bonds is 9. The van der Waals surface area contributed by atoms with Gasteiger partial charge in [-0.1, -0.05) is 31.2 Å². The molecule has 0 aliphatic carbocycles. The maximum Gasteiger partial charge on any atom is 0.338 e. The number of carbonyl (C=O) groups excluding carboxylic acids is 2. The lowest BCUT2D eigenvalue weighted by Crippen LogP contribution is -2.52. The second-order valence-electron chi connectivity index (χ2n) is 9.40. The second-order valence-corrected chi connectivity index (χ2v) is 9.40. The molecule has 1 amide bonds. The van der Waals surface area contributed by atoms with Gasteiger partial charge in [-0.05, 0) is 35.7 Å². The first kappa shape index (κ1) is 24.1. The first-order chi connectivity index (χ1) is 17.5. The molecule has 2 aliphatic rings. The molecule has 36 heavy (non-hydrogen) atoms. The van der Waals surface area contributed by atoms with Crippen LogP contribution in [0.1, 0.15) is 41.3 Å². The highest BCUT2D eigenvalue weighted by atomic mass is 16.5. The van der Waals surface area contributed by atoms with Crippen molar-refractivity contribution in [3.63, 3.8) is 0 Å². The number of hydrogen-bond donors (Lipinski definition) is 0. The Labute approximate surface area is 211 Å². The van der Waals surface area contributed by atoms with E-state index in [4.69, 9.17) is 9.47 Å². The maximum absolute atomic E-state index is 13.3. The molecule has 1 atom stereocenters. The summed E-state index contributed by atoms with van der Waals surface area (Å²) < 4.78 is 14.9. The lowest BCUT2D eigenvalue weighted by atomic mass is 9.94. The zero-order valence-corrected chi connectivity index (χ0v) is 21.1. The quantitative estimate of drug-likeness (QED) is 0.341. The van der Waals surface area contributed by atoms with Gasteiger partial charge in [0, 0.05) is 26.5 Å². The Morgan fingerprint density at radius 2 is 1.89 bits per heavy atom. The monoisotopic (exact) mass is 489 g/mol. The molecular weight excluding hydrogens is 456 g/mol. The summed E-state index contributed by atoms with van der Waals surface area (Å²) in [5.41, 5.74) is 3.81. The van der Waals surface area contributed by atoms with E-state index >= 15 is 0 Å². The van der Waals surface area contributed by atoms with Gasteiger partial charge in [0.2, 0.25) is 12.2 Å². The van der Waals surface area contributed by atoms with Crippen molar-refractivity contribution in [2.45, 2.75) is 38.4 Å². The summed E-state index contributed by atoms with van der Waals surface area (Å²) in [6.07, 6.45) is 7.88. The number of aromatic nitrogens is 2. The molecule has 2 aromatic carbocycles. The van der Waals surface area contributed by atoms with Gasteiger partial charge in [0.1, 0.15) is 31.2 Å². The fourth-order valence-electron chi connectivity index (χ4n) is 5.44. The van der Waals surface area contributed by atoms with Gasteiger partial charge in [0.25, 0.3) is 0 Å². The molecule has 1 saturated heterocycles. The van der Waals surface area contributed by atoms with E-state index in [9.17, 15) is 9.59 Å². The van der Waals surface area contributed by atoms with Gasteiger partial charge in [-0.25, -0.2) is 13.9 Å². The van der Waals surface area contributed by atoms with Crippen molar-refractivity contribution in [2.75, 3.05) is 36.7 Å². The standard InChI is InChI=1S/C28H33N4O4/c1-4-21-5-8-23(9-6-21)28-12-11-26(33)32(28)25-19-22(7-10-24(25)31(28)16-17-35-3)27(34)36-18-15-30-14-13-29(2)20-30/h5-10,13-14,19-20H,4,11-12,15-18H2,1-3H3/q+1. The van der Waals surface area contributed by atoms with E-state index in [2.05, 4.69) is 36.1 Å². The normalized spacial score (nSPS) is 18.5. The highest BCUT2D eigenvalue weighted by Gasteiger charge is 2.57. The third-order valence-electron chi connectivity index (χ3n) is 7.25. The number of fused-ring (bicyclic) bond motifs is 3. The van der Waals surface area contributed by atoms with E-state index in [0.29, 0.717) is 38.1 Å². The van der Waals surface area contributed by atoms with E-state index in [1.807, 2.05) is 45.9 Å². The van der Waals surface area contributed by atoms with E-state index in [-0.39, 0.29) is 12.5 Å². The van der Waals surface area contributed by atoms with Crippen molar-refractivity contribution < 1.29 is 23.6 Å². The highest BCUT2D eigenvalue weighted by Crippen LogP contribution is 2.55. The molecule has 8 heteroatoms. The van der Waals surface area contributed by atoms with Gasteiger partial charge in [0.05, 0.1) is 30.6 Å². The fourth-order valence-corrected chi connectivity index (χ4v) is 5.44. The fraction of sp³-hybridized carbons (Fsp3) is 0.393. The van der Waals surface area contributed by atoms with Crippen LogP contribution in [0.4, 0.5) is 11.4 Å². The zero-order valence-electron chi connectivity index (χ0n) is 21.1.